The monoisotopic (exact) mass is 917 g/mol. The minimum absolute atomic E-state index is 0.0838. The molecule has 5 aliphatic rings. The standard InChI is InChI=1S/C58H76O9/c1-37(2)19-18-20-38(3)48-29-30-49-47-28-27-45-35-46(31-33-56(45,7)50(47)32-34-57(48,49)8)66-55-54(65-41(6)61)53(64-40(5)60)52(63-39(4)59)51(67-55)36-62-58(42-21-12-9-13-22-42,43-23-14-10-15-24-43)44-25-16-11-17-26-44/h9-17,21-27,37-38,46-55H,18-20,28-36H2,1-8H3/t38-,46+,47+,48-,49+,50+,51-,52-,53+,54-,55-,56+,57-/m1/s1. The van der Waals surface area contributed by atoms with Gasteiger partial charge in [0.2, 0.25) is 0 Å². The average molecular weight is 917 g/mol. The van der Waals surface area contributed by atoms with Crippen molar-refractivity contribution in [3.63, 3.8) is 0 Å². The molecule has 4 fully saturated rings. The molecule has 1 heterocycles. The Bertz CT molecular complexity index is 2080. The third-order valence-electron chi connectivity index (χ3n) is 17.1. The van der Waals surface area contributed by atoms with Crippen molar-refractivity contribution in [2.75, 3.05) is 6.61 Å². The summed E-state index contributed by atoms with van der Waals surface area (Å²) in [4.78, 5) is 38.8. The lowest BCUT2D eigenvalue weighted by molar-refractivity contribution is -0.321. The Morgan fingerprint density at radius 1 is 0.687 bits per heavy atom. The molecule has 0 spiro atoms. The van der Waals surface area contributed by atoms with Gasteiger partial charge < -0.3 is 28.4 Å². The van der Waals surface area contributed by atoms with Gasteiger partial charge in [-0.3, -0.25) is 14.4 Å². The summed E-state index contributed by atoms with van der Waals surface area (Å²) < 4.78 is 39.1. The highest BCUT2D eigenvalue weighted by atomic mass is 16.7. The van der Waals surface area contributed by atoms with Gasteiger partial charge in [-0.25, -0.2) is 0 Å². The minimum Gasteiger partial charge on any atom is -0.456 e. The maximum Gasteiger partial charge on any atom is 0.303 e. The molecular formula is C58H76O9. The van der Waals surface area contributed by atoms with Crippen molar-refractivity contribution in [1.82, 2.24) is 0 Å². The maximum atomic E-state index is 12.9. The van der Waals surface area contributed by atoms with E-state index in [1.54, 1.807) is 0 Å². The summed E-state index contributed by atoms with van der Waals surface area (Å²) in [5.41, 5.74) is 3.46. The number of benzene rings is 3. The van der Waals surface area contributed by atoms with Crippen LogP contribution in [0.1, 0.15) is 143 Å². The first-order valence-electron chi connectivity index (χ1n) is 25.5. The molecule has 13 atom stereocenters. The number of rotatable bonds is 16. The van der Waals surface area contributed by atoms with E-state index < -0.39 is 54.2 Å². The third kappa shape index (κ3) is 10.1. The van der Waals surface area contributed by atoms with Gasteiger partial charge in [0.05, 0.1) is 12.7 Å². The number of allylic oxidation sites excluding steroid dienone is 1. The maximum absolute atomic E-state index is 12.9. The molecule has 0 radical (unpaired) electrons. The van der Waals surface area contributed by atoms with Crippen LogP contribution in [0, 0.1) is 46.3 Å². The normalized spacial score (nSPS) is 33.1. The second-order valence-electron chi connectivity index (χ2n) is 21.6. The lowest BCUT2D eigenvalue weighted by atomic mass is 9.47. The predicted octanol–water partition coefficient (Wildman–Crippen LogP) is 11.9. The quantitative estimate of drug-likeness (QED) is 0.0601. The van der Waals surface area contributed by atoms with E-state index in [4.69, 9.17) is 28.4 Å². The van der Waals surface area contributed by atoms with Crippen LogP contribution in [-0.2, 0) is 48.4 Å². The number of hydrogen-bond donors (Lipinski definition) is 0. The fourth-order valence-electron chi connectivity index (χ4n) is 14.0. The van der Waals surface area contributed by atoms with Crippen LogP contribution >= 0.6 is 0 Å². The van der Waals surface area contributed by atoms with Gasteiger partial charge in [-0.1, -0.05) is 157 Å². The molecule has 0 N–H and O–H groups in total. The van der Waals surface area contributed by atoms with Gasteiger partial charge >= 0.3 is 17.9 Å². The van der Waals surface area contributed by atoms with Gasteiger partial charge in [-0.2, -0.15) is 0 Å². The van der Waals surface area contributed by atoms with Crippen LogP contribution < -0.4 is 0 Å². The topological polar surface area (TPSA) is 107 Å². The number of ether oxygens (including phenoxy) is 6. The third-order valence-corrected chi connectivity index (χ3v) is 17.1. The second kappa shape index (κ2) is 20.7. The zero-order valence-corrected chi connectivity index (χ0v) is 41.3. The predicted molar refractivity (Wildman–Crippen MR) is 258 cm³/mol. The van der Waals surface area contributed by atoms with E-state index in [2.05, 4.69) is 40.7 Å². The van der Waals surface area contributed by atoms with Crippen molar-refractivity contribution >= 4 is 17.9 Å². The number of fused-ring (bicyclic) bond motifs is 5. The zero-order chi connectivity index (χ0) is 47.5. The van der Waals surface area contributed by atoms with E-state index in [0.29, 0.717) is 17.3 Å². The zero-order valence-electron chi connectivity index (χ0n) is 41.3. The summed E-state index contributed by atoms with van der Waals surface area (Å²) >= 11 is 0. The fraction of sp³-hybridized carbons (Fsp3) is 0.603. The largest absolute Gasteiger partial charge is 0.456 e. The summed E-state index contributed by atoms with van der Waals surface area (Å²) in [7, 11) is 0. The van der Waals surface area contributed by atoms with Crippen molar-refractivity contribution in [3.05, 3.63) is 119 Å². The summed E-state index contributed by atoms with van der Waals surface area (Å²) in [6.07, 6.45) is 9.40. The van der Waals surface area contributed by atoms with E-state index in [1.165, 1.54) is 71.3 Å². The lowest BCUT2D eigenvalue weighted by Gasteiger charge is -2.58. The highest BCUT2D eigenvalue weighted by molar-refractivity contribution is 5.68. The van der Waals surface area contributed by atoms with Crippen molar-refractivity contribution in [2.45, 2.75) is 168 Å². The van der Waals surface area contributed by atoms with Crippen molar-refractivity contribution < 1.29 is 42.8 Å². The van der Waals surface area contributed by atoms with E-state index in [9.17, 15) is 14.4 Å². The number of hydrogen-bond acceptors (Lipinski definition) is 9. The number of carbonyl (C=O) groups excluding carboxylic acids is 3. The van der Waals surface area contributed by atoms with Gasteiger partial charge in [-0.05, 0) is 114 Å². The van der Waals surface area contributed by atoms with Crippen molar-refractivity contribution in [1.29, 1.82) is 0 Å². The van der Waals surface area contributed by atoms with Gasteiger partial charge in [-0.15, -0.1) is 0 Å². The molecule has 4 aliphatic carbocycles. The molecule has 8 rings (SSSR count). The molecular weight excluding hydrogens is 841 g/mol. The molecule has 0 amide bonds. The van der Waals surface area contributed by atoms with Crippen LogP contribution in [0.3, 0.4) is 0 Å². The molecule has 9 heteroatoms. The van der Waals surface area contributed by atoms with Gasteiger partial charge in [0.15, 0.2) is 24.6 Å². The highest BCUT2D eigenvalue weighted by Gasteiger charge is 2.60. The van der Waals surface area contributed by atoms with E-state index in [-0.39, 0.29) is 18.1 Å². The molecule has 0 unspecified atom stereocenters. The average Bonchev–Trinajstić information content (AvgIpc) is 3.67. The van der Waals surface area contributed by atoms with Crippen LogP contribution in [0.5, 0.6) is 0 Å². The van der Waals surface area contributed by atoms with Crippen LogP contribution in [0.15, 0.2) is 103 Å². The Balaban J connectivity index is 1.07. The molecule has 1 saturated heterocycles. The molecule has 3 aromatic carbocycles. The molecule has 362 valence electrons. The molecule has 0 aromatic heterocycles. The van der Waals surface area contributed by atoms with E-state index in [1.807, 2.05) is 91.0 Å². The Hall–Kier alpha value is -4.31. The summed E-state index contributed by atoms with van der Waals surface area (Å²) in [6.45, 7) is 16.2. The van der Waals surface area contributed by atoms with E-state index in [0.717, 1.165) is 66.0 Å². The van der Waals surface area contributed by atoms with Gasteiger partial charge in [0.1, 0.15) is 11.7 Å². The van der Waals surface area contributed by atoms with Crippen LogP contribution in [0.2, 0.25) is 0 Å². The fourth-order valence-corrected chi connectivity index (χ4v) is 14.0. The molecule has 67 heavy (non-hydrogen) atoms. The highest BCUT2D eigenvalue weighted by Crippen LogP contribution is 2.67. The molecule has 3 aromatic rings. The summed E-state index contributed by atoms with van der Waals surface area (Å²) in [6, 6.07) is 29.9. The van der Waals surface area contributed by atoms with E-state index >= 15 is 0 Å². The minimum atomic E-state index is -1.24. The first-order valence-corrected chi connectivity index (χ1v) is 25.5. The summed E-state index contributed by atoms with van der Waals surface area (Å²) in [5, 5.41) is 0. The number of esters is 3. The lowest BCUT2D eigenvalue weighted by Crippen LogP contribution is -2.63. The molecule has 1 aliphatic heterocycles. The Morgan fingerprint density at radius 2 is 1.25 bits per heavy atom. The van der Waals surface area contributed by atoms with Crippen molar-refractivity contribution in [3.8, 4) is 0 Å². The summed E-state index contributed by atoms with van der Waals surface area (Å²) in [5.74, 6) is 2.61. The van der Waals surface area contributed by atoms with Crippen LogP contribution in [0.4, 0.5) is 0 Å². The second-order valence-corrected chi connectivity index (χ2v) is 21.6. The van der Waals surface area contributed by atoms with Gasteiger partial charge in [0, 0.05) is 20.8 Å². The Morgan fingerprint density at radius 3 is 1.82 bits per heavy atom. The Kier molecular flexibility index (Phi) is 15.2. The SMILES string of the molecule is CC(=O)O[C@@H]1[C@@H](OC(C)=O)[C@H](O[C@H]2CC[C@@]3(C)C(=CC[C@H]4[C@@H]5CC[C@H]([C@H](C)CCCC(C)C)[C@@]5(C)CC[C@@H]43)C2)O[C@H](COC(c2ccccc2)(c2ccccc2)c2ccccc2)[C@H]1OC(C)=O. The smallest absolute Gasteiger partial charge is 0.303 e. The molecule has 0 bridgehead atoms. The van der Waals surface area contributed by atoms with Gasteiger partial charge in [0.25, 0.3) is 0 Å². The number of carbonyl (C=O) groups is 3. The first kappa shape index (κ1) is 49.1. The van der Waals surface area contributed by atoms with Crippen LogP contribution in [0.25, 0.3) is 0 Å². The molecule has 9 nitrogen and oxygen atoms in total. The van der Waals surface area contributed by atoms with Crippen LogP contribution in [-0.4, -0.2) is 61.3 Å². The first-order chi connectivity index (χ1) is 32.1. The Labute approximate surface area is 400 Å². The molecule has 3 saturated carbocycles. The van der Waals surface area contributed by atoms with Crippen molar-refractivity contribution in [2.24, 2.45) is 46.3 Å².